The van der Waals surface area contributed by atoms with Gasteiger partial charge >= 0.3 is 0 Å². The number of hydrogen-bond acceptors (Lipinski definition) is 3. The van der Waals surface area contributed by atoms with Gasteiger partial charge in [0.25, 0.3) is 6.71 Å². The molecule has 0 saturated heterocycles. The first-order chi connectivity index (χ1) is 15.8. The minimum atomic E-state index is 0.0258. The van der Waals surface area contributed by atoms with Crippen molar-refractivity contribution in [2.75, 3.05) is 0 Å². The van der Waals surface area contributed by atoms with Gasteiger partial charge in [0.15, 0.2) is 0 Å². The van der Waals surface area contributed by atoms with E-state index in [0.717, 1.165) is 55.9 Å². The molecule has 0 N–H and O–H groups in total. The molecule has 6 aromatic rings. The lowest BCUT2D eigenvalue weighted by molar-refractivity contribution is 0.464. The molecule has 1 aromatic heterocycles. The zero-order chi connectivity index (χ0) is 20.8. The summed E-state index contributed by atoms with van der Waals surface area (Å²) in [5.41, 5.74) is 5.16. The van der Waals surface area contributed by atoms with E-state index in [4.69, 9.17) is 13.9 Å². The van der Waals surface area contributed by atoms with Gasteiger partial charge in [-0.15, -0.1) is 0 Å². The molecule has 0 fully saturated rings. The third kappa shape index (κ3) is 2.02. The molecule has 32 heavy (non-hydrogen) atoms. The molecule has 2 aliphatic rings. The fraction of sp³-hybridized carbons (Fsp3) is 0. The molecule has 8 rings (SSSR count). The molecule has 0 bridgehead atoms. The fourth-order valence-electron chi connectivity index (χ4n) is 5.42. The van der Waals surface area contributed by atoms with E-state index in [9.17, 15) is 0 Å². The van der Waals surface area contributed by atoms with Crippen LogP contribution in [-0.2, 0) is 0 Å². The molecule has 3 heterocycles. The normalized spacial score (nSPS) is 13.4. The summed E-state index contributed by atoms with van der Waals surface area (Å²) >= 11 is 0. The van der Waals surface area contributed by atoms with Crippen LogP contribution in [0.15, 0.2) is 95.4 Å². The molecule has 4 heteroatoms. The second-order valence-electron chi connectivity index (χ2n) is 8.49. The minimum absolute atomic E-state index is 0.0258. The Bertz CT molecular complexity index is 1750. The number of rotatable bonds is 0. The topological polar surface area (TPSA) is 31.6 Å². The number of furan rings is 1. The Morgan fingerprint density at radius 1 is 0.500 bits per heavy atom. The van der Waals surface area contributed by atoms with Gasteiger partial charge in [0, 0.05) is 22.3 Å². The predicted molar refractivity (Wildman–Crippen MR) is 129 cm³/mol. The highest BCUT2D eigenvalue weighted by Crippen LogP contribution is 2.38. The van der Waals surface area contributed by atoms with Crippen molar-refractivity contribution in [3.8, 4) is 23.0 Å². The second kappa shape index (κ2) is 5.74. The van der Waals surface area contributed by atoms with Gasteiger partial charge in [-0.2, -0.15) is 0 Å². The van der Waals surface area contributed by atoms with Crippen molar-refractivity contribution in [1.82, 2.24) is 0 Å². The Balaban J connectivity index is 1.52. The lowest BCUT2D eigenvalue weighted by Crippen LogP contribution is -2.57. The Morgan fingerprint density at radius 3 is 2.16 bits per heavy atom. The summed E-state index contributed by atoms with van der Waals surface area (Å²) in [5, 5.41) is 4.64. The Morgan fingerprint density at radius 2 is 1.25 bits per heavy atom. The zero-order valence-corrected chi connectivity index (χ0v) is 17.0. The van der Waals surface area contributed by atoms with Crippen LogP contribution in [0.25, 0.3) is 32.7 Å². The molecule has 0 saturated carbocycles. The third-order valence-corrected chi connectivity index (χ3v) is 6.79. The molecule has 0 radical (unpaired) electrons. The highest BCUT2D eigenvalue weighted by Gasteiger charge is 2.41. The molecule has 0 spiro atoms. The third-order valence-electron chi connectivity index (χ3n) is 6.79. The van der Waals surface area contributed by atoms with Gasteiger partial charge in [0.2, 0.25) is 0 Å². The average molecular weight is 410 g/mol. The number of fused-ring (bicyclic) bond motifs is 9. The molecule has 3 nitrogen and oxygen atoms in total. The summed E-state index contributed by atoms with van der Waals surface area (Å²) in [6, 6.07) is 31.3. The van der Waals surface area contributed by atoms with Crippen molar-refractivity contribution in [3.05, 3.63) is 91.0 Å². The van der Waals surface area contributed by atoms with Crippen LogP contribution in [0.1, 0.15) is 0 Å². The highest BCUT2D eigenvalue weighted by molar-refractivity contribution is 6.99. The summed E-state index contributed by atoms with van der Waals surface area (Å²) in [4.78, 5) is 0. The first-order valence-corrected chi connectivity index (χ1v) is 10.8. The maximum Gasteiger partial charge on any atom is 0.261 e. The molecule has 5 aromatic carbocycles. The van der Waals surface area contributed by atoms with Gasteiger partial charge in [-0.3, -0.25) is 0 Å². The van der Waals surface area contributed by atoms with Gasteiger partial charge in [0.05, 0.1) is 0 Å². The second-order valence-corrected chi connectivity index (χ2v) is 8.49. The number of benzene rings is 5. The van der Waals surface area contributed by atoms with E-state index in [1.165, 1.54) is 16.2 Å². The van der Waals surface area contributed by atoms with Crippen LogP contribution in [0.3, 0.4) is 0 Å². The maximum absolute atomic E-state index is 6.42. The van der Waals surface area contributed by atoms with Crippen molar-refractivity contribution in [2.45, 2.75) is 0 Å². The standard InChI is InChI=1S/C28H15BO3/c1-2-7-17-16(6-1)12-13-24-27(17)29-20-14-19-18-8-3-4-9-21(18)30-25(19)15-26(20)32-23-11-5-10-22(31-24)28(23)29/h1-15H. The van der Waals surface area contributed by atoms with E-state index < -0.39 is 0 Å². The predicted octanol–water partition coefficient (Wildman–Crippen LogP) is 5.47. The summed E-state index contributed by atoms with van der Waals surface area (Å²) in [5.74, 6) is 3.45. The molecule has 0 aliphatic carbocycles. The molecular weight excluding hydrogens is 395 g/mol. The fourth-order valence-corrected chi connectivity index (χ4v) is 5.42. The molecule has 148 valence electrons. The lowest BCUT2D eigenvalue weighted by Gasteiger charge is -2.33. The van der Waals surface area contributed by atoms with E-state index in [1.54, 1.807) is 0 Å². The van der Waals surface area contributed by atoms with Gasteiger partial charge in [-0.05, 0) is 46.0 Å². The molecule has 2 aliphatic heterocycles. The van der Waals surface area contributed by atoms with Gasteiger partial charge in [0.1, 0.15) is 34.2 Å². The van der Waals surface area contributed by atoms with Crippen molar-refractivity contribution in [1.29, 1.82) is 0 Å². The highest BCUT2D eigenvalue weighted by atomic mass is 16.5. The van der Waals surface area contributed by atoms with Crippen LogP contribution in [0.2, 0.25) is 0 Å². The molecule has 0 atom stereocenters. The van der Waals surface area contributed by atoms with Crippen LogP contribution < -0.4 is 25.9 Å². The number of ether oxygens (including phenoxy) is 2. The summed E-state index contributed by atoms with van der Waals surface area (Å²) in [7, 11) is 0. The van der Waals surface area contributed by atoms with Crippen LogP contribution in [-0.4, -0.2) is 6.71 Å². The zero-order valence-electron chi connectivity index (χ0n) is 17.0. The maximum atomic E-state index is 6.42. The first-order valence-electron chi connectivity index (χ1n) is 10.8. The first kappa shape index (κ1) is 16.5. The molecule has 0 unspecified atom stereocenters. The summed E-state index contributed by atoms with van der Waals surface area (Å²) < 4.78 is 19.0. The Hall–Kier alpha value is -4.18. The van der Waals surface area contributed by atoms with E-state index in [0.29, 0.717) is 0 Å². The number of para-hydroxylation sites is 1. The SMILES string of the molecule is c1cc2c3c(c1)Oc1ccc4ccccc4c1B3c1cc3c(cc1O2)oc1ccccc13. The van der Waals surface area contributed by atoms with Gasteiger partial charge in [-0.25, -0.2) is 0 Å². The van der Waals surface area contributed by atoms with Crippen molar-refractivity contribution >= 4 is 55.8 Å². The van der Waals surface area contributed by atoms with E-state index in [1.807, 2.05) is 36.4 Å². The van der Waals surface area contributed by atoms with Crippen molar-refractivity contribution in [2.24, 2.45) is 0 Å². The monoisotopic (exact) mass is 410 g/mol. The van der Waals surface area contributed by atoms with E-state index >= 15 is 0 Å². The summed E-state index contributed by atoms with van der Waals surface area (Å²) in [6.45, 7) is 0.0258. The lowest BCUT2D eigenvalue weighted by atomic mass is 9.34. The average Bonchev–Trinajstić information content (AvgIpc) is 3.20. The van der Waals surface area contributed by atoms with Crippen molar-refractivity contribution in [3.63, 3.8) is 0 Å². The van der Waals surface area contributed by atoms with Crippen LogP contribution in [0, 0.1) is 0 Å². The Kier molecular flexibility index (Phi) is 2.96. The quantitative estimate of drug-likeness (QED) is 0.311. The summed E-state index contributed by atoms with van der Waals surface area (Å²) in [6.07, 6.45) is 0. The van der Waals surface area contributed by atoms with Crippen molar-refractivity contribution < 1.29 is 13.9 Å². The Labute approximate surface area is 183 Å². The van der Waals surface area contributed by atoms with Crippen LogP contribution in [0.4, 0.5) is 0 Å². The van der Waals surface area contributed by atoms with Crippen LogP contribution in [0.5, 0.6) is 23.0 Å². The largest absolute Gasteiger partial charge is 0.458 e. The van der Waals surface area contributed by atoms with E-state index in [-0.39, 0.29) is 6.71 Å². The molecular formula is C28H15BO3. The van der Waals surface area contributed by atoms with Crippen LogP contribution >= 0.6 is 0 Å². The van der Waals surface area contributed by atoms with Gasteiger partial charge in [-0.1, -0.05) is 60.7 Å². The minimum Gasteiger partial charge on any atom is -0.458 e. The van der Waals surface area contributed by atoms with Gasteiger partial charge < -0.3 is 13.9 Å². The smallest absolute Gasteiger partial charge is 0.261 e. The number of hydrogen-bond donors (Lipinski definition) is 0. The molecule has 0 amide bonds. The van der Waals surface area contributed by atoms with E-state index in [2.05, 4.69) is 54.6 Å².